The third-order valence-electron chi connectivity index (χ3n) is 4.38. The first-order chi connectivity index (χ1) is 9.22. The van der Waals surface area contributed by atoms with Gasteiger partial charge in [0.05, 0.1) is 0 Å². The van der Waals surface area contributed by atoms with E-state index in [4.69, 9.17) is 0 Å². The molecule has 0 radical (unpaired) electrons. The quantitative estimate of drug-likeness (QED) is 0.837. The van der Waals surface area contributed by atoms with Gasteiger partial charge in [0, 0.05) is 30.5 Å². The summed E-state index contributed by atoms with van der Waals surface area (Å²) in [5.74, 6) is 0.920. The van der Waals surface area contributed by atoms with Crippen molar-refractivity contribution < 1.29 is 0 Å². The van der Waals surface area contributed by atoms with Gasteiger partial charge in [0.1, 0.15) is 0 Å². The highest BCUT2D eigenvalue weighted by molar-refractivity contribution is 5.55. The fourth-order valence-electron chi connectivity index (χ4n) is 3.00. The molecule has 1 N–H and O–H groups in total. The van der Waals surface area contributed by atoms with Crippen molar-refractivity contribution in [3.63, 3.8) is 0 Å². The predicted molar refractivity (Wildman–Crippen MR) is 85.0 cm³/mol. The molecule has 1 aromatic rings. The van der Waals surface area contributed by atoms with E-state index in [9.17, 15) is 0 Å². The summed E-state index contributed by atoms with van der Waals surface area (Å²) >= 11 is 0. The van der Waals surface area contributed by atoms with Crippen LogP contribution in [0.4, 0.5) is 11.4 Å². The number of nitrogens with zero attached hydrogens (tertiary/aromatic N) is 1. The van der Waals surface area contributed by atoms with Crippen LogP contribution in [0, 0.1) is 5.92 Å². The molecule has 0 unspecified atom stereocenters. The van der Waals surface area contributed by atoms with Gasteiger partial charge in [0.25, 0.3) is 0 Å². The second-order valence-electron chi connectivity index (χ2n) is 5.82. The molecule has 2 rings (SSSR count). The third kappa shape index (κ3) is 3.89. The summed E-state index contributed by atoms with van der Waals surface area (Å²) in [6.45, 7) is 8.93. The first-order valence-electron chi connectivity index (χ1n) is 7.84. The molecule has 2 heteroatoms. The molecule has 1 aromatic carbocycles. The third-order valence-corrected chi connectivity index (χ3v) is 4.38. The van der Waals surface area contributed by atoms with Crippen LogP contribution in [-0.2, 0) is 0 Å². The largest absolute Gasteiger partial charge is 0.382 e. The highest BCUT2D eigenvalue weighted by atomic mass is 15.1. The lowest BCUT2D eigenvalue weighted by Gasteiger charge is -2.28. The highest BCUT2D eigenvalue weighted by Crippen LogP contribution is 2.26. The molecule has 0 spiro atoms. The Morgan fingerprint density at radius 3 is 2.11 bits per heavy atom. The van der Waals surface area contributed by atoms with Crippen LogP contribution in [0.3, 0.4) is 0 Å². The minimum atomic E-state index is 0.676. The number of anilines is 2. The standard InChI is InChI=1S/C17H28N2/c1-4-19(5-2)17-12-10-16(11-13-17)18-15-8-6-14(3)7-9-15/h10-15,18H,4-9H2,1-3H3. The Labute approximate surface area is 118 Å². The summed E-state index contributed by atoms with van der Waals surface area (Å²) < 4.78 is 0. The molecule has 0 saturated heterocycles. The van der Waals surface area contributed by atoms with Crippen molar-refractivity contribution in [2.24, 2.45) is 5.92 Å². The van der Waals surface area contributed by atoms with Gasteiger partial charge < -0.3 is 10.2 Å². The van der Waals surface area contributed by atoms with Crippen LogP contribution >= 0.6 is 0 Å². The Bertz CT molecular complexity index is 359. The Morgan fingerprint density at radius 2 is 1.58 bits per heavy atom. The first-order valence-corrected chi connectivity index (χ1v) is 7.84. The summed E-state index contributed by atoms with van der Waals surface area (Å²) in [7, 11) is 0. The summed E-state index contributed by atoms with van der Waals surface area (Å²) in [6, 6.07) is 9.61. The van der Waals surface area contributed by atoms with E-state index in [1.165, 1.54) is 37.1 Å². The van der Waals surface area contributed by atoms with Gasteiger partial charge >= 0.3 is 0 Å². The van der Waals surface area contributed by atoms with Crippen molar-refractivity contribution in [2.45, 2.75) is 52.5 Å². The minimum absolute atomic E-state index is 0.676. The van der Waals surface area contributed by atoms with Gasteiger partial charge in [-0.2, -0.15) is 0 Å². The summed E-state index contributed by atoms with van der Waals surface area (Å²) in [4.78, 5) is 2.38. The Hall–Kier alpha value is -1.18. The molecular formula is C17H28N2. The first kappa shape index (κ1) is 14.2. The van der Waals surface area contributed by atoms with E-state index in [0.29, 0.717) is 6.04 Å². The molecule has 0 aliphatic heterocycles. The van der Waals surface area contributed by atoms with Crippen molar-refractivity contribution >= 4 is 11.4 Å². The van der Waals surface area contributed by atoms with Gasteiger partial charge in [0.15, 0.2) is 0 Å². The molecule has 1 aliphatic rings. The van der Waals surface area contributed by atoms with Crippen molar-refractivity contribution in [1.29, 1.82) is 0 Å². The molecule has 1 aliphatic carbocycles. The van der Waals surface area contributed by atoms with E-state index >= 15 is 0 Å². The second kappa shape index (κ2) is 6.83. The van der Waals surface area contributed by atoms with Crippen LogP contribution in [0.25, 0.3) is 0 Å². The average Bonchev–Trinajstić information content (AvgIpc) is 2.44. The number of benzene rings is 1. The maximum Gasteiger partial charge on any atom is 0.0367 e. The molecule has 0 amide bonds. The number of nitrogens with one attached hydrogen (secondary N) is 1. The maximum absolute atomic E-state index is 3.69. The molecule has 106 valence electrons. The molecular weight excluding hydrogens is 232 g/mol. The zero-order chi connectivity index (χ0) is 13.7. The van der Waals surface area contributed by atoms with Gasteiger partial charge in [-0.15, -0.1) is 0 Å². The van der Waals surface area contributed by atoms with Crippen LogP contribution in [0.1, 0.15) is 46.5 Å². The lowest BCUT2D eigenvalue weighted by atomic mass is 9.87. The summed E-state index contributed by atoms with van der Waals surface area (Å²) in [5.41, 5.74) is 2.60. The highest BCUT2D eigenvalue weighted by Gasteiger charge is 2.17. The van der Waals surface area contributed by atoms with Gasteiger partial charge in [-0.3, -0.25) is 0 Å². The van der Waals surface area contributed by atoms with Crippen LogP contribution in [-0.4, -0.2) is 19.1 Å². The molecule has 0 heterocycles. The van der Waals surface area contributed by atoms with Gasteiger partial charge in [-0.25, -0.2) is 0 Å². The molecule has 19 heavy (non-hydrogen) atoms. The monoisotopic (exact) mass is 260 g/mol. The zero-order valence-electron chi connectivity index (χ0n) is 12.7. The normalized spacial score (nSPS) is 23.1. The topological polar surface area (TPSA) is 15.3 Å². The fourth-order valence-corrected chi connectivity index (χ4v) is 3.00. The van der Waals surface area contributed by atoms with E-state index in [1.54, 1.807) is 0 Å². The second-order valence-corrected chi connectivity index (χ2v) is 5.82. The van der Waals surface area contributed by atoms with Gasteiger partial charge in [-0.05, 0) is 69.7 Å². The predicted octanol–water partition coefficient (Wildman–Crippen LogP) is 4.52. The number of hydrogen-bond acceptors (Lipinski definition) is 2. The van der Waals surface area contributed by atoms with Crippen LogP contribution in [0.2, 0.25) is 0 Å². The molecule has 0 aromatic heterocycles. The molecule has 1 saturated carbocycles. The van der Waals surface area contributed by atoms with Crippen LogP contribution in [0.15, 0.2) is 24.3 Å². The van der Waals surface area contributed by atoms with E-state index in [1.807, 2.05) is 0 Å². The van der Waals surface area contributed by atoms with Crippen molar-refractivity contribution in [3.8, 4) is 0 Å². The van der Waals surface area contributed by atoms with Crippen LogP contribution in [0.5, 0.6) is 0 Å². The number of hydrogen-bond donors (Lipinski definition) is 1. The van der Waals surface area contributed by atoms with Gasteiger partial charge in [-0.1, -0.05) is 6.92 Å². The molecule has 0 atom stereocenters. The van der Waals surface area contributed by atoms with E-state index in [2.05, 4.69) is 55.3 Å². The Morgan fingerprint density at radius 1 is 1.00 bits per heavy atom. The lowest BCUT2D eigenvalue weighted by molar-refractivity contribution is 0.361. The number of rotatable bonds is 5. The van der Waals surface area contributed by atoms with E-state index in [0.717, 1.165) is 19.0 Å². The molecule has 2 nitrogen and oxygen atoms in total. The van der Waals surface area contributed by atoms with Crippen molar-refractivity contribution in [2.75, 3.05) is 23.3 Å². The lowest BCUT2D eigenvalue weighted by Crippen LogP contribution is -2.25. The zero-order valence-corrected chi connectivity index (χ0v) is 12.7. The fraction of sp³-hybridized carbons (Fsp3) is 0.647. The summed E-state index contributed by atoms with van der Waals surface area (Å²) in [5, 5.41) is 3.69. The average molecular weight is 260 g/mol. The Balaban J connectivity index is 1.91. The van der Waals surface area contributed by atoms with Crippen molar-refractivity contribution in [3.05, 3.63) is 24.3 Å². The Kier molecular flexibility index (Phi) is 5.12. The van der Waals surface area contributed by atoms with Crippen molar-refractivity contribution in [1.82, 2.24) is 0 Å². The SMILES string of the molecule is CCN(CC)c1ccc(NC2CCC(C)CC2)cc1. The minimum Gasteiger partial charge on any atom is -0.382 e. The maximum atomic E-state index is 3.69. The smallest absolute Gasteiger partial charge is 0.0367 e. The van der Waals surface area contributed by atoms with Crippen LogP contribution < -0.4 is 10.2 Å². The van der Waals surface area contributed by atoms with Gasteiger partial charge in [0.2, 0.25) is 0 Å². The van der Waals surface area contributed by atoms with E-state index in [-0.39, 0.29) is 0 Å². The molecule has 1 fully saturated rings. The molecule has 0 bridgehead atoms. The summed E-state index contributed by atoms with van der Waals surface area (Å²) in [6.07, 6.45) is 5.38. The van der Waals surface area contributed by atoms with E-state index < -0.39 is 0 Å².